The molecule has 1 spiro atoms. The molecule has 1 amide bonds. The zero-order chi connectivity index (χ0) is 13.3. The number of alkyl carbamates (subject to hydrolysis) is 1. The first-order valence-corrected chi connectivity index (χ1v) is 13.6. The van der Waals surface area contributed by atoms with Gasteiger partial charge in [-0.3, -0.25) is 0 Å². The van der Waals surface area contributed by atoms with Crippen LogP contribution in [0, 0.1) is 0 Å². The summed E-state index contributed by atoms with van der Waals surface area (Å²) in [6, 6.07) is 0. The fourth-order valence-electron chi connectivity index (χ4n) is 3.97. The van der Waals surface area contributed by atoms with Gasteiger partial charge in [-0.25, -0.2) is 0 Å². The molecule has 4 nitrogen and oxygen atoms in total. The number of rotatable bonds is 1. The van der Waals surface area contributed by atoms with Gasteiger partial charge in [0.15, 0.2) is 0 Å². The maximum absolute atomic E-state index is 11.4. The predicted molar refractivity (Wildman–Crippen MR) is 74.4 cm³/mol. The van der Waals surface area contributed by atoms with E-state index in [1.807, 2.05) is 6.08 Å². The van der Waals surface area contributed by atoms with Gasteiger partial charge in [0.2, 0.25) is 0 Å². The van der Waals surface area contributed by atoms with Crippen LogP contribution in [0.15, 0.2) is 12.2 Å². The molecule has 2 fully saturated rings. The third-order valence-electron chi connectivity index (χ3n) is 5.14. The first kappa shape index (κ1) is 13.8. The van der Waals surface area contributed by atoms with Gasteiger partial charge in [0.1, 0.15) is 0 Å². The summed E-state index contributed by atoms with van der Waals surface area (Å²) in [6.45, 7) is 0.752. The number of hydrogen-bond acceptors (Lipinski definition) is 3. The number of ether oxygens (including phenoxy) is 1. The van der Waals surface area contributed by atoms with Crippen molar-refractivity contribution < 1.29 is 14.6 Å². The van der Waals surface area contributed by atoms with Gasteiger partial charge in [0.05, 0.1) is 0 Å². The summed E-state index contributed by atoms with van der Waals surface area (Å²) in [6.07, 6.45) is 10.4. The van der Waals surface area contributed by atoms with Crippen molar-refractivity contribution in [3.63, 3.8) is 0 Å². The second kappa shape index (κ2) is 5.68. The van der Waals surface area contributed by atoms with Gasteiger partial charge < -0.3 is 0 Å². The predicted octanol–water partition coefficient (Wildman–Crippen LogP) is 2.15. The number of hydrogen-bond donors (Lipinski definition) is 2. The molecule has 1 saturated heterocycles. The Kier molecular flexibility index (Phi) is 4.13. The van der Waals surface area contributed by atoms with Crippen LogP contribution in [-0.2, 0) is 4.74 Å². The molecule has 1 aliphatic carbocycles. The average Bonchev–Trinajstić information content (AvgIpc) is 2.40. The third-order valence-corrected chi connectivity index (χ3v) is 16.5. The van der Waals surface area contributed by atoms with Crippen molar-refractivity contribution in [2.75, 3.05) is 6.54 Å². The van der Waals surface area contributed by atoms with E-state index in [9.17, 15) is 9.90 Å². The van der Waals surface area contributed by atoms with E-state index in [0.29, 0.717) is 0 Å². The van der Waals surface area contributed by atoms with Gasteiger partial charge in [-0.15, -0.1) is 0 Å². The molecule has 1 saturated carbocycles. The van der Waals surface area contributed by atoms with Gasteiger partial charge in [0, 0.05) is 0 Å². The van der Waals surface area contributed by atoms with E-state index in [-0.39, 0.29) is 15.6 Å². The van der Waals surface area contributed by atoms with Crippen molar-refractivity contribution >= 4 is 27.5 Å². The van der Waals surface area contributed by atoms with E-state index >= 15 is 0 Å². The number of amides is 1. The van der Waals surface area contributed by atoms with Gasteiger partial charge in [-0.05, 0) is 0 Å². The van der Waals surface area contributed by atoms with E-state index in [4.69, 9.17) is 4.74 Å². The van der Waals surface area contributed by atoms with Crippen molar-refractivity contribution in [1.82, 2.24) is 5.32 Å². The summed E-state index contributed by atoms with van der Waals surface area (Å²) in [5.74, 6) is 0. The Labute approximate surface area is 122 Å². The molecule has 19 heavy (non-hydrogen) atoms. The monoisotopic (exact) mass is 367 g/mol. The SMILES string of the molecule is O=C1NCCC2(CC[CH]([In]3[CH2]CC=C[C@H]3O)CC2)O1. The second-order valence-electron chi connectivity index (χ2n) is 6.25. The summed E-state index contributed by atoms with van der Waals surface area (Å²) < 4.78 is 7.61. The molecule has 0 aromatic heterocycles. The molecule has 1 atom stereocenters. The number of carbonyl (C=O) groups excluding carboxylic acids is 1. The molecule has 2 aliphatic heterocycles. The number of allylic oxidation sites excluding steroid dienone is 1. The Morgan fingerprint density at radius 3 is 2.84 bits per heavy atom. The van der Waals surface area contributed by atoms with Crippen LogP contribution in [-0.4, -0.2) is 48.6 Å². The normalized spacial score (nSPS) is 39.0. The number of aliphatic hydroxyl groups excluding tert-OH is 1. The summed E-state index contributed by atoms with van der Waals surface area (Å²) in [7, 11) is 0. The number of nitrogens with one attached hydrogen (secondary N) is 1. The molecule has 0 unspecified atom stereocenters. The fourth-order valence-corrected chi connectivity index (χ4v) is 14.2. The standard InChI is InChI=1S/C9H14NO2.C5H8O.In/c11-8-10-7-6-9(12-8)4-2-1-3-5-9;1-2-3-4-5-6;/h1H,2-7H2,(H,10,11);3-6H,1-2H2;. The van der Waals surface area contributed by atoms with Crippen molar-refractivity contribution in [1.29, 1.82) is 0 Å². The van der Waals surface area contributed by atoms with Gasteiger partial charge in [-0.1, -0.05) is 0 Å². The van der Waals surface area contributed by atoms with Crippen LogP contribution in [0.5, 0.6) is 0 Å². The van der Waals surface area contributed by atoms with E-state index in [1.165, 1.54) is 23.4 Å². The number of aliphatic hydroxyl groups is 1. The fraction of sp³-hybridized carbons (Fsp3) is 0.786. The molecule has 5 heteroatoms. The zero-order valence-electron chi connectivity index (χ0n) is 11.3. The molecule has 0 aromatic carbocycles. The molecular weight excluding hydrogens is 345 g/mol. The van der Waals surface area contributed by atoms with Gasteiger partial charge >= 0.3 is 122 Å². The number of carbonyl (C=O) groups is 1. The van der Waals surface area contributed by atoms with Crippen LogP contribution < -0.4 is 5.32 Å². The van der Waals surface area contributed by atoms with Crippen LogP contribution in [0.2, 0.25) is 7.85 Å². The molecular formula is C14H22InNO3. The third kappa shape index (κ3) is 2.97. The summed E-state index contributed by atoms with van der Waals surface area (Å²) in [5, 5.41) is 12.9. The van der Waals surface area contributed by atoms with Crippen molar-refractivity contribution in [2.45, 2.75) is 55.8 Å². The van der Waals surface area contributed by atoms with Crippen LogP contribution >= 0.6 is 0 Å². The van der Waals surface area contributed by atoms with Crippen LogP contribution in [0.3, 0.4) is 0 Å². The van der Waals surface area contributed by atoms with Crippen molar-refractivity contribution in [3.05, 3.63) is 12.2 Å². The molecule has 0 radical (unpaired) electrons. The topological polar surface area (TPSA) is 58.6 Å². The van der Waals surface area contributed by atoms with E-state index in [1.54, 1.807) is 0 Å². The van der Waals surface area contributed by atoms with Crippen LogP contribution in [0.25, 0.3) is 0 Å². The van der Waals surface area contributed by atoms with E-state index < -0.39 is 21.4 Å². The van der Waals surface area contributed by atoms with Crippen LogP contribution in [0.1, 0.15) is 38.5 Å². The van der Waals surface area contributed by atoms with Crippen molar-refractivity contribution in [3.8, 4) is 0 Å². The zero-order valence-corrected chi connectivity index (χ0v) is 14.6. The minimum absolute atomic E-state index is 0.0647. The van der Waals surface area contributed by atoms with E-state index in [2.05, 4.69) is 11.4 Å². The molecule has 0 aromatic rings. The molecule has 0 bridgehead atoms. The van der Waals surface area contributed by atoms with Gasteiger partial charge in [0.25, 0.3) is 0 Å². The molecule has 2 N–H and O–H groups in total. The first-order chi connectivity index (χ1) is 9.19. The molecule has 104 valence electrons. The Hall–Kier alpha value is -0.160. The van der Waals surface area contributed by atoms with E-state index in [0.717, 1.165) is 29.5 Å². The second-order valence-corrected chi connectivity index (χ2v) is 16.3. The summed E-state index contributed by atoms with van der Waals surface area (Å²) in [4.78, 5) is 11.4. The molecule has 3 rings (SSSR count). The van der Waals surface area contributed by atoms with Crippen molar-refractivity contribution in [2.24, 2.45) is 0 Å². The molecule has 3 aliphatic rings. The summed E-state index contributed by atoms with van der Waals surface area (Å²) >= 11 is -1.83. The maximum atomic E-state index is 11.4. The average molecular weight is 367 g/mol. The quantitative estimate of drug-likeness (QED) is 0.699. The van der Waals surface area contributed by atoms with Crippen LogP contribution in [0.4, 0.5) is 4.79 Å². The Balaban J connectivity index is 1.60. The first-order valence-electron chi connectivity index (χ1n) is 7.50. The minimum atomic E-state index is -1.83. The Morgan fingerprint density at radius 2 is 2.16 bits per heavy atom. The Morgan fingerprint density at radius 1 is 1.37 bits per heavy atom. The molecule has 2 heterocycles. The summed E-state index contributed by atoms with van der Waals surface area (Å²) in [5.41, 5.74) is -0.180. The Bertz CT molecular complexity index is 377. The van der Waals surface area contributed by atoms with Gasteiger partial charge in [-0.2, -0.15) is 0 Å².